The molecule has 0 nitrogen and oxygen atoms in total. The van der Waals surface area contributed by atoms with E-state index < -0.39 is 0 Å². The Bertz CT molecular complexity index is 290. The second kappa shape index (κ2) is 6.44. The van der Waals surface area contributed by atoms with Crippen LogP contribution in [0.3, 0.4) is 0 Å². The van der Waals surface area contributed by atoms with Gasteiger partial charge in [0.2, 0.25) is 0 Å². The van der Waals surface area contributed by atoms with Crippen LogP contribution >= 0.6 is 0 Å². The Morgan fingerprint density at radius 3 is 2.40 bits per heavy atom. The summed E-state index contributed by atoms with van der Waals surface area (Å²) >= 11 is 0. The molecule has 0 spiro atoms. The number of hydrogen-bond donors (Lipinski definition) is 0. The van der Waals surface area contributed by atoms with Gasteiger partial charge in [0, 0.05) is 0 Å². The highest BCUT2D eigenvalue weighted by atomic mass is 14.0. The molecule has 1 aromatic rings. The molecule has 15 heavy (non-hydrogen) atoms. The highest BCUT2D eigenvalue weighted by Gasteiger charge is 1.96. The molecule has 0 saturated carbocycles. The Hall–Kier alpha value is -1.04. The summed E-state index contributed by atoms with van der Waals surface area (Å²) in [6, 6.07) is 8.69. The zero-order valence-corrected chi connectivity index (χ0v) is 10.1. The maximum absolute atomic E-state index is 3.32. The minimum Gasteiger partial charge on any atom is -0.0760 e. The van der Waals surface area contributed by atoms with Crippen molar-refractivity contribution in [2.75, 3.05) is 0 Å². The van der Waals surface area contributed by atoms with E-state index in [2.05, 4.69) is 57.2 Å². The van der Waals surface area contributed by atoms with Gasteiger partial charge in [-0.25, -0.2) is 0 Å². The summed E-state index contributed by atoms with van der Waals surface area (Å²) in [4.78, 5) is 0. The fraction of sp³-hybridized carbons (Fsp3) is 0.467. The van der Waals surface area contributed by atoms with Gasteiger partial charge in [0.15, 0.2) is 0 Å². The van der Waals surface area contributed by atoms with E-state index in [4.69, 9.17) is 0 Å². The zero-order valence-electron chi connectivity index (χ0n) is 10.1. The van der Waals surface area contributed by atoms with Crippen LogP contribution in [0.4, 0.5) is 0 Å². The average Bonchev–Trinajstić information content (AvgIpc) is 2.25. The van der Waals surface area contributed by atoms with E-state index in [1.165, 1.54) is 24.0 Å². The molecule has 0 unspecified atom stereocenters. The molecule has 0 heterocycles. The van der Waals surface area contributed by atoms with Crippen molar-refractivity contribution < 1.29 is 0 Å². The van der Waals surface area contributed by atoms with Gasteiger partial charge in [0.25, 0.3) is 0 Å². The molecule has 1 radical (unpaired) electrons. The minimum atomic E-state index is 0.614. The number of benzene rings is 1. The van der Waals surface area contributed by atoms with E-state index in [0.29, 0.717) is 5.92 Å². The molecule has 0 aromatic heterocycles. The Balaban J connectivity index is 2.53. The molecule has 0 atom stereocenters. The fourth-order valence-electron chi connectivity index (χ4n) is 1.46. The summed E-state index contributed by atoms with van der Waals surface area (Å²) in [6.07, 6.45) is 9.12. The van der Waals surface area contributed by atoms with Crippen LogP contribution in [0, 0.1) is 6.08 Å². The van der Waals surface area contributed by atoms with Crippen LogP contribution < -0.4 is 0 Å². The average molecular weight is 201 g/mol. The fourth-order valence-corrected chi connectivity index (χ4v) is 1.46. The summed E-state index contributed by atoms with van der Waals surface area (Å²) in [6.45, 7) is 6.65. The van der Waals surface area contributed by atoms with Crippen molar-refractivity contribution in [3.05, 3.63) is 47.5 Å². The quantitative estimate of drug-likeness (QED) is 0.605. The van der Waals surface area contributed by atoms with Crippen molar-refractivity contribution in [2.24, 2.45) is 0 Å². The van der Waals surface area contributed by atoms with E-state index >= 15 is 0 Å². The Morgan fingerprint density at radius 1 is 1.20 bits per heavy atom. The van der Waals surface area contributed by atoms with Crippen LogP contribution in [0.5, 0.6) is 0 Å². The molecule has 0 saturated heterocycles. The van der Waals surface area contributed by atoms with Crippen molar-refractivity contribution >= 4 is 0 Å². The van der Waals surface area contributed by atoms with Gasteiger partial charge in [-0.2, -0.15) is 0 Å². The first kappa shape index (κ1) is 12.0. The van der Waals surface area contributed by atoms with E-state index in [9.17, 15) is 0 Å². The summed E-state index contributed by atoms with van der Waals surface area (Å²) in [5, 5.41) is 0. The first-order valence-corrected chi connectivity index (χ1v) is 5.92. The van der Waals surface area contributed by atoms with Crippen LogP contribution in [0.15, 0.2) is 30.3 Å². The highest BCUT2D eigenvalue weighted by molar-refractivity contribution is 5.28. The Labute approximate surface area is 94.0 Å². The minimum absolute atomic E-state index is 0.614. The van der Waals surface area contributed by atoms with E-state index in [0.717, 1.165) is 6.42 Å². The molecule has 1 rings (SSSR count). The van der Waals surface area contributed by atoms with E-state index in [1.54, 1.807) is 0 Å². The third kappa shape index (κ3) is 4.33. The standard InChI is InChI=1S/C15H21/c1-4-5-6-7-8-14-9-11-15(12-10-14)13(2)3/h7,9-13H,4-6H2,1-3H3. The molecule has 0 aliphatic heterocycles. The number of rotatable bonds is 5. The molecule has 0 fully saturated rings. The molecule has 0 bridgehead atoms. The predicted molar refractivity (Wildman–Crippen MR) is 67.0 cm³/mol. The lowest BCUT2D eigenvalue weighted by Gasteiger charge is -2.04. The van der Waals surface area contributed by atoms with Crippen molar-refractivity contribution in [3.63, 3.8) is 0 Å². The number of allylic oxidation sites excluding steroid dienone is 1. The van der Waals surface area contributed by atoms with E-state index in [1.807, 2.05) is 0 Å². The molecule has 0 heteroatoms. The SMILES string of the molecule is CCCC/C=[C]\c1ccc(C(C)C)cc1. The van der Waals surface area contributed by atoms with Gasteiger partial charge in [-0.1, -0.05) is 64.0 Å². The van der Waals surface area contributed by atoms with Crippen LogP contribution in [0.2, 0.25) is 0 Å². The highest BCUT2D eigenvalue weighted by Crippen LogP contribution is 2.14. The van der Waals surface area contributed by atoms with Crippen LogP contribution in [-0.4, -0.2) is 0 Å². The monoisotopic (exact) mass is 201 g/mol. The molecular formula is C15H21. The van der Waals surface area contributed by atoms with Crippen LogP contribution in [0.1, 0.15) is 57.1 Å². The largest absolute Gasteiger partial charge is 0.0760 e. The van der Waals surface area contributed by atoms with Gasteiger partial charge in [-0.15, -0.1) is 0 Å². The second-order valence-electron chi connectivity index (χ2n) is 4.27. The third-order valence-corrected chi connectivity index (χ3v) is 2.55. The van der Waals surface area contributed by atoms with Crippen molar-refractivity contribution in [1.82, 2.24) is 0 Å². The number of hydrogen-bond acceptors (Lipinski definition) is 0. The molecule has 0 amide bonds. The van der Waals surface area contributed by atoms with Crippen LogP contribution in [0.25, 0.3) is 0 Å². The summed E-state index contributed by atoms with van der Waals surface area (Å²) in [7, 11) is 0. The normalized spacial score (nSPS) is 11.5. The van der Waals surface area contributed by atoms with Gasteiger partial charge in [0.1, 0.15) is 0 Å². The van der Waals surface area contributed by atoms with Crippen molar-refractivity contribution in [3.8, 4) is 0 Å². The predicted octanol–water partition coefficient (Wildman–Crippen LogP) is 4.71. The van der Waals surface area contributed by atoms with Crippen molar-refractivity contribution in [2.45, 2.75) is 46.0 Å². The molecule has 0 N–H and O–H groups in total. The lowest BCUT2D eigenvalue weighted by molar-refractivity contribution is 0.813. The van der Waals surface area contributed by atoms with Crippen LogP contribution in [-0.2, 0) is 0 Å². The van der Waals surface area contributed by atoms with Crippen molar-refractivity contribution in [1.29, 1.82) is 0 Å². The smallest absolute Gasteiger partial charge is 0.0149 e. The topological polar surface area (TPSA) is 0 Å². The molecule has 0 aliphatic rings. The summed E-state index contributed by atoms with van der Waals surface area (Å²) in [5.74, 6) is 0.614. The van der Waals surface area contributed by atoms with Gasteiger partial charge < -0.3 is 0 Å². The summed E-state index contributed by atoms with van der Waals surface area (Å²) in [5.41, 5.74) is 2.59. The first-order chi connectivity index (χ1) is 7.24. The van der Waals surface area contributed by atoms with Gasteiger partial charge in [-0.3, -0.25) is 0 Å². The maximum atomic E-state index is 3.32. The molecular weight excluding hydrogens is 180 g/mol. The summed E-state index contributed by atoms with van der Waals surface area (Å²) < 4.78 is 0. The second-order valence-corrected chi connectivity index (χ2v) is 4.27. The van der Waals surface area contributed by atoms with Gasteiger partial charge in [0.05, 0.1) is 0 Å². The molecule has 1 aromatic carbocycles. The van der Waals surface area contributed by atoms with Gasteiger partial charge in [-0.05, 0) is 29.5 Å². The third-order valence-electron chi connectivity index (χ3n) is 2.55. The zero-order chi connectivity index (χ0) is 11.1. The first-order valence-electron chi connectivity index (χ1n) is 5.92. The Morgan fingerprint density at radius 2 is 1.87 bits per heavy atom. The Kier molecular flexibility index (Phi) is 5.17. The lowest BCUT2D eigenvalue weighted by Crippen LogP contribution is -1.86. The maximum Gasteiger partial charge on any atom is -0.0149 e. The van der Waals surface area contributed by atoms with E-state index in [-0.39, 0.29) is 0 Å². The lowest BCUT2D eigenvalue weighted by atomic mass is 10.0. The van der Waals surface area contributed by atoms with Gasteiger partial charge >= 0.3 is 0 Å². The molecule has 0 aliphatic carbocycles. The molecule has 81 valence electrons. The number of unbranched alkanes of at least 4 members (excludes halogenated alkanes) is 2.